The Balaban J connectivity index is 1.66. The van der Waals surface area contributed by atoms with Gasteiger partial charge in [0.25, 0.3) is 5.91 Å². The van der Waals surface area contributed by atoms with Crippen molar-refractivity contribution in [3.63, 3.8) is 0 Å². The van der Waals surface area contributed by atoms with Crippen molar-refractivity contribution in [2.45, 2.75) is 33.1 Å². The smallest absolute Gasteiger partial charge is 0.263 e. The van der Waals surface area contributed by atoms with Gasteiger partial charge >= 0.3 is 0 Å². The highest BCUT2D eigenvalue weighted by Gasteiger charge is 2.25. The van der Waals surface area contributed by atoms with Gasteiger partial charge in [-0.15, -0.1) is 0 Å². The van der Waals surface area contributed by atoms with E-state index in [-0.39, 0.29) is 16.4 Å². The molecule has 0 saturated carbocycles. The summed E-state index contributed by atoms with van der Waals surface area (Å²) in [5.41, 5.74) is 1.60. The molecule has 1 amide bonds. The Kier molecular flexibility index (Phi) is 8.50. The van der Waals surface area contributed by atoms with Gasteiger partial charge in [0.1, 0.15) is 22.8 Å². The standard InChI is InChI=1S/C23H23Cl2N3O3S/c1-3-4-5-13-30-16-11-9-15(10-12-16)26-23(32)27-22(29)19-14(2)31-28-21(19)20-17(24)7-6-8-18(20)25/h6-12H,3-5,13H2,1-2H3,(H2,26,27,29,32). The number of amides is 1. The lowest BCUT2D eigenvalue weighted by molar-refractivity contribution is 0.0977. The van der Waals surface area contributed by atoms with E-state index in [1.165, 1.54) is 0 Å². The number of carbonyl (C=O) groups excluding carboxylic acids is 1. The largest absolute Gasteiger partial charge is 0.494 e. The molecule has 0 unspecified atom stereocenters. The van der Waals surface area contributed by atoms with Gasteiger partial charge in [0.05, 0.1) is 16.7 Å². The number of nitrogens with zero attached hydrogens (tertiary/aromatic N) is 1. The number of thiocarbonyl (C=S) groups is 1. The van der Waals surface area contributed by atoms with Crippen LogP contribution in [-0.4, -0.2) is 22.8 Å². The zero-order valence-corrected chi connectivity index (χ0v) is 20.0. The van der Waals surface area contributed by atoms with Crippen LogP contribution in [-0.2, 0) is 0 Å². The number of benzene rings is 2. The number of ether oxygens (including phenoxy) is 1. The molecule has 9 heteroatoms. The van der Waals surface area contributed by atoms with Gasteiger partial charge < -0.3 is 14.6 Å². The summed E-state index contributed by atoms with van der Waals surface area (Å²) in [4.78, 5) is 12.9. The van der Waals surface area contributed by atoms with Crippen LogP contribution in [0.2, 0.25) is 10.0 Å². The second-order valence-electron chi connectivity index (χ2n) is 7.05. The maximum atomic E-state index is 12.9. The molecule has 6 nitrogen and oxygen atoms in total. The van der Waals surface area contributed by atoms with Gasteiger partial charge in [-0.05, 0) is 62.0 Å². The molecule has 1 aromatic heterocycles. The average molecular weight is 492 g/mol. The topological polar surface area (TPSA) is 76.4 Å². The Morgan fingerprint density at radius 1 is 1.12 bits per heavy atom. The van der Waals surface area contributed by atoms with Crippen molar-refractivity contribution in [3.8, 4) is 17.0 Å². The Bertz CT molecular complexity index is 1080. The van der Waals surface area contributed by atoms with Crippen LogP contribution < -0.4 is 15.4 Å². The highest BCUT2D eigenvalue weighted by Crippen LogP contribution is 2.36. The maximum absolute atomic E-state index is 12.9. The summed E-state index contributed by atoms with van der Waals surface area (Å²) >= 11 is 17.8. The molecule has 2 aromatic carbocycles. The van der Waals surface area contributed by atoms with Crippen LogP contribution in [0.5, 0.6) is 5.75 Å². The number of halogens is 2. The van der Waals surface area contributed by atoms with E-state index in [4.69, 9.17) is 44.7 Å². The van der Waals surface area contributed by atoms with Crippen molar-refractivity contribution < 1.29 is 14.1 Å². The first-order valence-electron chi connectivity index (χ1n) is 10.2. The lowest BCUT2D eigenvalue weighted by atomic mass is 10.1. The van der Waals surface area contributed by atoms with Crippen LogP contribution in [0.1, 0.15) is 42.3 Å². The Hall–Kier alpha value is -2.61. The van der Waals surface area contributed by atoms with E-state index in [0.29, 0.717) is 33.7 Å². The normalized spacial score (nSPS) is 10.6. The van der Waals surface area contributed by atoms with Gasteiger partial charge in [0.2, 0.25) is 0 Å². The van der Waals surface area contributed by atoms with Crippen LogP contribution in [0.4, 0.5) is 5.69 Å². The number of hydrogen-bond donors (Lipinski definition) is 2. The summed E-state index contributed by atoms with van der Waals surface area (Å²) in [6.45, 7) is 4.47. The van der Waals surface area contributed by atoms with Gasteiger partial charge in [-0.1, -0.05) is 54.2 Å². The molecule has 0 saturated heterocycles. The number of anilines is 1. The van der Waals surface area contributed by atoms with Crippen molar-refractivity contribution in [2.75, 3.05) is 11.9 Å². The molecule has 0 bridgehead atoms. The van der Waals surface area contributed by atoms with E-state index in [0.717, 1.165) is 25.0 Å². The summed E-state index contributed by atoms with van der Waals surface area (Å²) in [6.07, 6.45) is 3.32. The fourth-order valence-corrected chi connectivity index (χ4v) is 3.83. The first kappa shape index (κ1) is 24.0. The van der Waals surface area contributed by atoms with Gasteiger partial charge in [-0.2, -0.15) is 0 Å². The van der Waals surface area contributed by atoms with Crippen molar-refractivity contribution in [1.29, 1.82) is 0 Å². The molecule has 0 fully saturated rings. The molecule has 0 radical (unpaired) electrons. The van der Waals surface area contributed by atoms with Crippen LogP contribution in [0.25, 0.3) is 11.3 Å². The van der Waals surface area contributed by atoms with Crippen molar-refractivity contribution in [1.82, 2.24) is 10.5 Å². The number of carbonyl (C=O) groups is 1. The molecule has 3 rings (SSSR count). The number of rotatable bonds is 8. The lowest BCUT2D eigenvalue weighted by Crippen LogP contribution is -2.34. The second kappa shape index (κ2) is 11.3. The quantitative estimate of drug-likeness (QED) is 0.271. The maximum Gasteiger partial charge on any atom is 0.263 e. The fourth-order valence-electron chi connectivity index (χ4n) is 3.04. The number of aromatic nitrogens is 1. The minimum atomic E-state index is -0.483. The molecule has 3 aromatic rings. The number of nitrogens with one attached hydrogen (secondary N) is 2. The highest BCUT2D eigenvalue weighted by atomic mass is 35.5. The molecular weight excluding hydrogens is 469 g/mol. The molecule has 32 heavy (non-hydrogen) atoms. The van der Waals surface area contributed by atoms with Crippen molar-refractivity contribution in [2.24, 2.45) is 0 Å². The minimum absolute atomic E-state index is 0.128. The molecule has 168 valence electrons. The minimum Gasteiger partial charge on any atom is -0.494 e. The molecule has 0 aliphatic rings. The zero-order valence-electron chi connectivity index (χ0n) is 17.7. The van der Waals surface area contributed by atoms with Gasteiger partial charge in [0.15, 0.2) is 5.11 Å². The second-order valence-corrected chi connectivity index (χ2v) is 8.27. The predicted molar refractivity (Wildman–Crippen MR) is 132 cm³/mol. The van der Waals surface area contributed by atoms with E-state index in [1.54, 1.807) is 25.1 Å². The Labute approximate surface area is 202 Å². The molecule has 1 heterocycles. The molecule has 0 spiro atoms. The summed E-state index contributed by atoms with van der Waals surface area (Å²) in [5, 5.41) is 10.5. The molecule has 2 N–H and O–H groups in total. The summed E-state index contributed by atoms with van der Waals surface area (Å²) < 4.78 is 10.9. The van der Waals surface area contributed by atoms with Crippen LogP contribution in [0.15, 0.2) is 47.0 Å². The van der Waals surface area contributed by atoms with Gasteiger partial charge in [-0.25, -0.2) is 0 Å². The summed E-state index contributed by atoms with van der Waals surface area (Å²) in [7, 11) is 0. The number of aryl methyl sites for hydroxylation is 1. The Morgan fingerprint density at radius 3 is 2.47 bits per heavy atom. The number of unbranched alkanes of at least 4 members (excludes halogenated alkanes) is 2. The van der Waals surface area contributed by atoms with E-state index < -0.39 is 5.91 Å². The summed E-state index contributed by atoms with van der Waals surface area (Å²) in [5.74, 6) is 0.618. The third-order valence-electron chi connectivity index (χ3n) is 4.65. The molecular formula is C23H23Cl2N3O3S. The van der Waals surface area contributed by atoms with E-state index in [9.17, 15) is 4.79 Å². The third-order valence-corrected chi connectivity index (χ3v) is 5.48. The zero-order chi connectivity index (χ0) is 23.1. The van der Waals surface area contributed by atoms with Gasteiger partial charge in [-0.3, -0.25) is 10.1 Å². The van der Waals surface area contributed by atoms with E-state index >= 15 is 0 Å². The van der Waals surface area contributed by atoms with Crippen molar-refractivity contribution >= 4 is 52.1 Å². The SMILES string of the molecule is CCCCCOc1ccc(NC(=S)NC(=O)c2c(-c3c(Cl)cccc3Cl)noc2C)cc1. The first-order chi connectivity index (χ1) is 15.4. The molecule has 0 aliphatic carbocycles. The first-order valence-corrected chi connectivity index (χ1v) is 11.3. The van der Waals surface area contributed by atoms with Crippen molar-refractivity contribution in [3.05, 3.63) is 63.8 Å². The van der Waals surface area contributed by atoms with E-state index in [2.05, 4.69) is 22.7 Å². The van der Waals surface area contributed by atoms with Crippen LogP contribution in [0.3, 0.4) is 0 Å². The Morgan fingerprint density at radius 2 is 1.81 bits per heavy atom. The monoisotopic (exact) mass is 491 g/mol. The molecule has 0 aliphatic heterocycles. The number of hydrogen-bond acceptors (Lipinski definition) is 5. The lowest BCUT2D eigenvalue weighted by Gasteiger charge is -2.11. The summed E-state index contributed by atoms with van der Waals surface area (Å²) in [6, 6.07) is 12.4. The van der Waals surface area contributed by atoms with Gasteiger partial charge in [0, 0.05) is 11.3 Å². The van der Waals surface area contributed by atoms with Crippen LogP contribution >= 0.6 is 35.4 Å². The predicted octanol–water partition coefficient (Wildman–Crippen LogP) is 6.65. The average Bonchev–Trinajstić information content (AvgIpc) is 3.13. The van der Waals surface area contributed by atoms with E-state index in [1.807, 2.05) is 24.3 Å². The highest BCUT2D eigenvalue weighted by molar-refractivity contribution is 7.80. The third kappa shape index (κ3) is 6.00. The fraction of sp³-hybridized carbons (Fsp3) is 0.261. The van der Waals surface area contributed by atoms with Crippen LogP contribution in [0, 0.1) is 6.92 Å². The molecule has 0 atom stereocenters.